The Morgan fingerprint density at radius 2 is 1.21 bits per heavy atom. The third kappa shape index (κ3) is 7.37. The maximum Gasteiger partial charge on any atom is -0.00192 e. The zero-order valence-corrected chi connectivity index (χ0v) is 10.8. The molecule has 1 heteroatoms. The SMILES string of the molecule is CCC(C)CCN(C)CCC(C)CC. The predicted octanol–water partition coefficient (Wildman–Crippen LogP) is 3.79. The first kappa shape index (κ1) is 14.0. The van der Waals surface area contributed by atoms with Crippen LogP contribution in [0, 0.1) is 11.8 Å². The summed E-state index contributed by atoms with van der Waals surface area (Å²) in [6.45, 7) is 11.8. The summed E-state index contributed by atoms with van der Waals surface area (Å²) >= 11 is 0. The molecule has 0 aromatic carbocycles. The van der Waals surface area contributed by atoms with Gasteiger partial charge < -0.3 is 4.90 Å². The van der Waals surface area contributed by atoms with E-state index in [0.29, 0.717) is 0 Å². The Labute approximate surface area is 90.9 Å². The minimum absolute atomic E-state index is 0.890. The molecule has 0 N–H and O–H groups in total. The molecule has 0 aromatic heterocycles. The van der Waals surface area contributed by atoms with Gasteiger partial charge in [-0.05, 0) is 44.8 Å². The third-order valence-electron chi connectivity index (χ3n) is 3.40. The Morgan fingerprint density at radius 3 is 1.50 bits per heavy atom. The highest BCUT2D eigenvalue weighted by Crippen LogP contribution is 2.09. The van der Waals surface area contributed by atoms with Gasteiger partial charge in [0.1, 0.15) is 0 Å². The fourth-order valence-electron chi connectivity index (χ4n) is 1.40. The lowest BCUT2D eigenvalue weighted by Gasteiger charge is -2.20. The molecule has 0 radical (unpaired) electrons. The molecule has 0 aromatic rings. The summed E-state index contributed by atoms with van der Waals surface area (Å²) in [6, 6.07) is 0. The maximum absolute atomic E-state index is 2.48. The van der Waals surface area contributed by atoms with Gasteiger partial charge in [0.2, 0.25) is 0 Å². The molecule has 2 atom stereocenters. The van der Waals surface area contributed by atoms with Crippen molar-refractivity contribution < 1.29 is 0 Å². The van der Waals surface area contributed by atoms with E-state index in [-0.39, 0.29) is 0 Å². The van der Waals surface area contributed by atoms with E-state index in [1.54, 1.807) is 0 Å². The second-order valence-electron chi connectivity index (χ2n) is 4.91. The predicted molar refractivity (Wildman–Crippen MR) is 65.6 cm³/mol. The fraction of sp³-hybridized carbons (Fsp3) is 1.00. The van der Waals surface area contributed by atoms with Gasteiger partial charge in [0.05, 0.1) is 0 Å². The van der Waals surface area contributed by atoms with Crippen molar-refractivity contribution >= 4 is 0 Å². The van der Waals surface area contributed by atoms with Crippen LogP contribution in [-0.4, -0.2) is 25.0 Å². The van der Waals surface area contributed by atoms with Crippen LogP contribution < -0.4 is 0 Å². The van der Waals surface area contributed by atoms with Crippen molar-refractivity contribution in [2.24, 2.45) is 11.8 Å². The lowest BCUT2D eigenvalue weighted by molar-refractivity contribution is 0.280. The molecule has 0 aliphatic heterocycles. The first-order chi connectivity index (χ1) is 6.60. The van der Waals surface area contributed by atoms with Gasteiger partial charge in [0.15, 0.2) is 0 Å². The molecule has 0 spiro atoms. The van der Waals surface area contributed by atoms with Gasteiger partial charge in [0, 0.05) is 0 Å². The highest BCUT2D eigenvalue weighted by molar-refractivity contribution is 4.58. The standard InChI is InChI=1S/C13H29N/c1-6-12(3)8-10-14(5)11-9-13(4)7-2/h12-13H,6-11H2,1-5H3. The van der Waals surface area contributed by atoms with Crippen molar-refractivity contribution in [1.82, 2.24) is 4.90 Å². The van der Waals surface area contributed by atoms with Crippen LogP contribution in [0.15, 0.2) is 0 Å². The quantitative estimate of drug-likeness (QED) is 0.575. The first-order valence-electron chi connectivity index (χ1n) is 6.28. The van der Waals surface area contributed by atoms with Crippen molar-refractivity contribution in [1.29, 1.82) is 0 Å². The Bertz CT molecular complexity index is 108. The molecule has 0 bridgehead atoms. The fourth-order valence-corrected chi connectivity index (χ4v) is 1.40. The Kier molecular flexibility index (Phi) is 8.26. The van der Waals surface area contributed by atoms with Crippen LogP contribution in [0.5, 0.6) is 0 Å². The largest absolute Gasteiger partial charge is 0.306 e. The van der Waals surface area contributed by atoms with E-state index in [2.05, 4.69) is 39.6 Å². The van der Waals surface area contributed by atoms with Crippen molar-refractivity contribution in [2.75, 3.05) is 20.1 Å². The van der Waals surface area contributed by atoms with Crippen LogP contribution in [0.25, 0.3) is 0 Å². The molecule has 0 aliphatic rings. The smallest absolute Gasteiger partial charge is 0.00192 e. The first-order valence-corrected chi connectivity index (χ1v) is 6.28. The van der Waals surface area contributed by atoms with Gasteiger partial charge in [-0.15, -0.1) is 0 Å². The molecule has 0 aliphatic carbocycles. The number of rotatable bonds is 8. The molecule has 86 valence electrons. The maximum atomic E-state index is 2.48. The highest BCUT2D eigenvalue weighted by atomic mass is 15.1. The van der Waals surface area contributed by atoms with Crippen LogP contribution in [-0.2, 0) is 0 Å². The molecular weight excluding hydrogens is 170 g/mol. The van der Waals surface area contributed by atoms with Gasteiger partial charge >= 0.3 is 0 Å². The lowest BCUT2D eigenvalue weighted by Crippen LogP contribution is -2.23. The van der Waals surface area contributed by atoms with Gasteiger partial charge in [0.25, 0.3) is 0 Å². The minimum atomic E-state index is 0.890. The molecule has 2 unspecified atom stereocenters. The Hall–Kier alpha value is -0.0400. The second-order valence-corrected chi connectivity index (χ2v) is 4.91. The third-order valence-corrected chi connectivity index (χ3v) is 3.40. The molecule has 1 nitrogen and oxygen atoms in total. The summed E-state index contributed by atoms with van der Waals surface area (Å²) in [6.07, 6.45) is 5.35. The van der Waals surface area contributed by atoms with Crippen LogP contribution in [0.1, 0.15) is 53.4 Å². The molecule has 0 saturated heterocycles. The summed E-state index contributed by atoms with van der Waals surface area (Å²) in [7, 11) is 2.25. The Balaban J connectivity index is 3.40. The summed E-state index contributed by atoms with van der Waals surface area (Å²) < 4.78 is 0. The highest BCUT2D eigenvalue weighted by Gasteiger charge is 2.04. The monoisotopic (exact) mass is 199 g/mol. The summed E-state index contributed by atoms with van der Waals surface area (Å²) in [5.74, 6) is 1.78. The lowest BCUT2D eigenvalue weighted by atomic mass is 10.0. The summed E-state index contributed by atoms with van der Waals surface area (Å²) in [5, 5.41) is 0. The second kappa shape index (κ2) is 8.28. The van der Waals surface area contributed by atoms with Crippen molar-refractivity contribution in [3.63, 3.8) is 0 Å². The van der Waals surface area contributed by atoms with E-state index in [9.17, 15) is 0 Å². The zero-order chi connectivity index (χ0) is 11.0. The summed E-state index contributed by atoms with van der Waals surface area (Å²) in [5.41, 5.74) is 0. The molecule has 0 saturated carbocycles. The average molecular weight is 199 g/mol. The van der Waals surface area contributed by atoms with Gasteiger partial charge in [-0.1, -0.05) is 40.5 Å². The number of nitrogens with zero attached hydrogens (tertiary/aromatic N) is 1. The molecule has 0 rings (SSSR count). The van der Waals surface area contributed by atoms with Gasteiger partial charge in [-0.2, -0.15) is 0 Å². The van der Waals surface area contributed by atoms with Gasteiger partial charge in [-0.25, -0.2) is 0 Å². The minimum Gasteiger partial charge on any atom is -0.306 e. The molecule has 0 amide bonds. The van der Waals surface area contributed by atoms with E-state index in [0.717, 1.165) is 11.8 Å². The van der Waals surface area contributed by atoms with E-state index in [1.165, 1.54) is 38.8 Å². The number of hydrogen-bond acceptors (Lipinski definition) is 1. The van der Waals surface area contributed by atoms with Crippen LogP contribution in [0.4, 0.5) is 0 Å². The van der Waals surface area contributed by atoms with E-state index >= 15 is 0 Å². The average Bonchev–Trinajstić information content (AvgIpc) is 2.22. The van der Waals surface area contributed by atoms with Crippen LogP contribution in [0.3, 0.4) is 0 Å². The van der Waals surface area contributed by atoms with E-state index in [4.69, 9.17) is 0 Å². The Morgan fingerprint density at radius 1 is 0.857 bits per heavy atom. The summed E-state index contributed by atoms with van der Waals surface area (Å²) in [4.78, 5) is 2.48. The normalized spacial score (nSPS) is 15.9. The van der Waals surface area contributed by atoms with Crippen molar-refractivity contribution in [2.45, 2.75) is 53.4 Å². The van der Waals surface area contributed by atoms with Crippen molar-refractivity contribution in [3.8, 4) is 0 Å². The molecule has 0 heterocycles. The van der Waals surface area contributed by atoms with Gasteiger partial charge in [-0.3, -0.25) is 0 Å². The van der Waals surface area contributed by atoms with E-state index < -0.39 is 0 Å². The van der Waals surface area contributed by atoms with Crippen LogP contribution in [0.2, 0.25) is 0 Å². The number of hydrogen-bond donors (Lipinski definition) is 0. The molecule has 0 fully saturated rings. The molecule has 14 heavy (non-hydrogen) atoms. The van der Waals surface area contributed by atoms with Crippen LogP contribution >= 0.6 is 0 Å². The topological polar surface area (TPSA) is 3.24 Å². The van der Waals surface area contributed by atoms with Crippen molar-refractivity contribution in [3.05, 3.63) is 0 Å². The zero-order valence-electron chi connectivity index (χ0n) is 10.8. The van der Waals surface area contributed by atoms with E-state index in [1.807, 2.05) is 0 Å². The molecular formula is C13H29N.